The molecule has 0 saturated carbocycles. The topological polar surface area (TPSA) is 40.2 Å². The predicted molar refractivity (Wildman–Crippen MR) is 92.0 cm³/mol. The third-order valence-corrected chi connectivity index (χ3v) is 4.50. The summed E-state index contributed by atoms with van der Waals surface area (Å²) in [6.07, 6.45) is 2.02. The molecule has 2 aromatic carbocycles. The predicted octanol–water partition coefficient (Wildman–Crippen LogP) is 4.54. The largest absolute Gasteiger partial charge is 0.495 e. The molecule has 0 aliphatic heterocycles. The van der Waals surface area contributed by atoms with Gasteiger partial charge in [-0.3, -0.25) is 0 Å². The van der Waals surface area contributed by atoms with Crippen LogP contribution in [0.3, 0.4) is 0 Å². The molecule has 0 saturated heterocycles. The van der Waals surface area contributed by atoms with Gasteiger partial charge in [0.05, 0.1) is 18.2 Å². The van der Waals surface area contributed by atoms with Crippen molar-refractivity contribution in [1.29, 1.82) is 0 Å². The van der Waals surface area contributed by atoms with Gasteiger partial charge in [-0.2, -0.15) is 0 Å². The van der Waals surface area contributed by atoms with Gasteiger partial charge in [0.15, 0.2) is 0 Å². The average Bonchev–Trinajstić information content (AvgIpc) is 2.86. The van der Waals surface area contributed by atoms with Crippen LogP contribution in [0.15, 0.2) is 42.6 Å². The first-order valence-electron chi connectivity index (χ1n) is 6.86. The highest BCUT2D eigenvalue weighted by atomic mass is 35.5. The third kappa shape index (κ3) is 2.35. The Balaban J connectivity index is 2.23. The van der Waals surface area contributed by atoms with E-state index in [1.54, 1.807) is 19.2 Å². The molecule has 2 N–H and O–H groups in total. The fourth-order valence-electron chi connectivity index (χ4n) is 2.82. The van der Waals surface area contributed by atoms with Crippen LogP contribution in [0.25, 0.3) is 10.9 Å². The Kier molecular flexibility index (Phi) is 4.04. The molecule has 22 heavy (non-hydrogen) atoms. The Morgan fingerprint density at radius 3 is 2.50 bits per heavy atom. The summed E-state index contributed by atoms with van der Waals surface area (Å²) in [5.74, 6) is 0.523. The van der Waals surface area contributed by atoms with Gasteiger partial charge < -0.3 is 15.0 Å². The maximum atomic E-state index is 6.51. The van der Waals surface area contributed by atoms with Crippen molar-refractivity contribution in [3.8, 4) is 5.75 Å². The molecule has 1 atom stereocenters. The van der Waals surface area contributed by atoms with Crippen molar-refractivity contribution in [3.63, 3.8) is 0 Å². The molecule has 114 valence electrons. The summed E-state index contributed by atoms with van der Waals surface area (Å²) in [5, 5.41) is 2.13. The number of nitrogens with two attached hydrogens (primary N) is 1. The molecule has 3 rings (SSSR count). The zero-order valence-corrected chi connectivity index (χ0v) is 13.8. The summed E-state index contributed by atoms with van der Waals surface area (Å²) in [7, 11) is 3.56. The number of hydrogen-bond acceptors (Lipinski definition) is 2. The van der Waals surface area contributed by atoms with E-state index in [0.717, 1.165) is 16.5 Å². The van der Waals surface area contributed by atoms with E-state index in [4.69, 9.17) is 33.7 Å². The number of fused-ring (bicyclic) bond motifs is 1. The molecular weight excluding hydrogens is 319 g/mol. The lowest BCUT2D eigenvalue weighted by Gasteiger charge is -2.18. The molecule has 5 heteroatoms. The van der Waals surface area contributed by atoms with Crippen LogP contribution >= 0.6 is 23.2 Å². The van der Waals surface area contributed by atoms with Crippen molar-refractivity contribution in [1.82, 2.24) is 4.57 Å². The molecular formula is C17H16Cl2N2O. The number of para-hydroxylation sites is 1. The van der Waals surface area contributed by atoms with Gasteiger partial charge >= 0.3 is 0 Å². The quantitative estimate of drug-likeness (QED) is 0.763. The van der Waals surface area contributed by atoms with Gasteiger partial charge in [-0.05, 0) is 23.8 Å². The second-order valence-corrected chi connectivity index (χ2v) is 5.98. The number of benzene rings is 2. The minimum Gasteiger partial charge on any atom is -0.495 e. The van der Waals surface area contributed by atoms with Gasteiger partial charge in [-0.25, -0.2) is 0 Å². The van der Waals surface area contributed by atoms with Crippen molar-refractivity contribution in [2.45, 2.75) is 6.04 Å². The molecule has 0 fully saturated rings. The summed E-state index contributed by atoms with van der Waals surface area (Å²) in [6.45, 7) is 0. The van der Waals surface area contributed by atoms with Crippen LogP contribution in [0, 0.1) is 0 Å². The van der Waals surface area contributed by atoms with Crippen LogP contribution in [0.1, 0.15) is 17.2 Å². The highest BCUT2D eigenvalue weighted by molar-refractivity contribution is 6.35. The van der Waals surface area contributed by atoms with E-state index >= 15 is 0 Å². The number of aromatic nitrogens is 1. The molecule has 0 amide bonds. The van der Waals surface area contributed by atoms with E-state index < -0.39 is 6.04 Å². The molecule has 1 heterocycles. The van der Waals surface area contributed by atoms with Crippen LogP contribution < -0.4 is 10.5 Å². The molecule has 1 unspecified atom stereocenters. The Morgan fingerprint density at radius 2 is 1.77 bits per heavy atom. The lowest BCUT2D eigenvalue weighted by Crippen LogP contribution is -2.13. The zero-order valence-electron chi connectivity index (χ0n) is 12.3. The van der Waals surface area contributed by atoms with Gasteiger partial charge in [0, 0.05) is 34.7 Å². The molecule has 0 aliphatic carbocycles. The number of halogens is 2. The van der Waals surface area contributed by atoms with E-state index in [1.807, 2.05) is 25.4 Å². The smallest absolute Gasteiger partial charge is 0.144 e. The van der Waals surface area contributed by atoms with Crippen LogP contribution in [0.2, 0.25) is 10.0 Å². The van der Waals surface area contributed by atoms with Crippen molar-refractivity contribution in [3.05, 3.63) is 63.8 Å². The summed E-state index contributed by atoms with van der Waals surface area (Å²) < 4.78 is 7.47. The van der Waals surface area contributed by atoms with E-state index in [1.165, 1.54) is 0 Å². The number of ether oxygens (including phenoxy) is 1. The SMILES string of the molecule is COc1c(Cl)ccc(Cl)c1C(N)c1cn(C)c2ccccc12. The van der Waals surface area contributed by atoms with Crippen molar-refractivity contribution < 1.29 is 4.74 Å². The third-order valence-electron chi connectivity index (χ3n) is 3.87. The fraction of sp³-hybridized carbons (Fsp3) is 0.176. The number of methoxy groups -OCH3 is 1. The molecule has 3 nitrogen and oxygen atoms in total. The number of rotatable bonds is 3. The molecule has 1 aromatic heterocycles. The minimum atomic E-state index is -0.424. The van der Waals surface area contributed by atoms with Crippen LogP contribution in [0.4, 0.5) is 0 Å². The first-order chi connectivity index (χ1) is 10.5. The Labute approximate surface area is 139 Å². The first-order valence-corrected chi connectivity index (χ1v) is 7.61. The normalized spacial score (nSPS) is 12.6. The summed E-state index contributed by atoms with van der Waals surface area (Å²) in [5.41, 5.74) is 9.31. The van der Waals surface area contributed by atoms with E-state index in [-0.39, 0.29) is 0 Å². The Hall–Kier alpha value is -1.68. The Morgan fingerprint density at radius 1 is 1.09 bits per heavy atom. The summed E-state index contributed by atoms with van der Waals surface area (Å²) >= 11 is 12.6. The van der Waals surface area contributed by atoms with Gasteiger partial charge in [0.25, 0.3) is 0 Å². The lowest BCUT2D eigenvalue weighted by molar-refractivity contribution is 0.408. The number of nitrogens with zero attached hydrogens (tertiary/aromatic N) is 1. The summed E-state index contributed by atoms with van der Waals surface area (Å²) in [4.78, 5) is 0. The van der Waals surface area contributed by atoms with Gasteiger partial charge in [-0.15, -0.1) is 0 Å². The van der Waals surface area contributed by atoms with Crippen LogP contribution in [0.5, 0.6) is 5.75 Å². The average molecular weight is 335 g/mol. The molecule has 3 aromatic rings. The highest BCUT2D eigenvalue weighted by Gasteiger charge is 2.23. The Bertz CT molecular complexity index is 842. The maximum Gasteiger partial charge on any atom is 0.144 e. The van der Waals surface area contributed by atoms with Crippen molar-refractivity contribution in [2.24, 2.45) is 12.8 Å². The number of aryl methyl sites for hydroxylation is 1. The highest BCUT2D eigenvalue weighted by Crippen LogP contribution is 2.41. The van der Waals surface area contributed by atoms with Crippen molar-refractivity contribution in [2.75, 3.05) is 7.11 Å². The number of hydrogen-bond donors (Lipinski definition) is 1. The second-order valence-electron chi connectivity index (χ2n) is 5.17. The van der Waals surface area contributed by atoms with Gasteiger partial charge in [-0.1, -0.05) is 41.4 Å². The van der Waals surface area contributed by atoms with Crippen LogP contribution in [-0.4, -0.2) is 11.7 Å². The first kappa shape index (κ1) is 15.2. The lowest BCUT2D eigenvalue weighted by atomic mass is 9.98. The molecule has 0 spiro atoms. The fourth-order valence-corrected chi connectivity index (χ4v) is 3.33. The summed E-state index contributed by atoms with van der Waals surface area (Å²) in [6, 6.07) is 11.1. The van der Waals surface area contributed by atoms with Crippen LogP contribution in [-0.2, 0) is 7.05 Å². The van der Waals surface area contributed by atoms with E-state index in [0.29, 0.717) is 21.4 Å². The molecule has 0 aliphatic rings. The minimum absolute atomic E-state index is 0.424. The second kappa shape index (κ2) is 5.84. The van der Waals surface area contributed by atoms with E-state index in [2.05, 4.69) is 16.7 Å². The van der Waals surface area contributed by atoms with E-state index in [9.17, 15) is 0 Å². The molecule has 0 bridgehead atoms. The molecule has 0 radical (unpaired) electrons. The standard InChI is InChI=1S/C17H16Cl2N2O/c1-21-9-11(10-5-3-4-6-14(10)21)16(20)15-12(18)7-8-13(19)17(15)22-2/h3-9,16H,20H2,1-2H3. The zero-order chi connectivity index (χ0) is 15.9. The maximum absolute atomic E-state index is 6.51. The van der Waals surface area contributed by atoms with Crippen molar-refractivity contribution >= 4 is 34.1 Å². The van der Waals surface area contributed by atoms with Gasteiger partial charge in [0.1, 0.15) is 5.75 Å². The van der Waals surface area contributed by atoms with Gasteiger partial charge in [0.2, 0.25) is 0 Å². The monoisotopic (exact) mass is 334 g/mol.